The van der Waals surface area contributed by atoms with Gasteiger partial charge in [-0.05, 0) is 37.2 Å². The minimum Gasteiger partial charge on any atom is -0.297 e. The van der Waals surface area contributed by atoms with Gasteiger partial charge in [0.2, 0.25) is 0 Å². The zero-order valence-corrected chi connectivity index (χ0v) is 10.6. The number of rotatable bonds is 2. The maximum Gasteiger partial charge on any atom is 0.416 e. The number of nitrogens with one attached hydrogen (secondary N) is 1. The first-order chi connectivity index (χ1) is 8.97. The van der Waals surface area contributed by atoms with Gasteiger partial charge in [-0.15, -0.1) is 0 Å². The van der Waals surface area contributed by atoms with E-state index in [1.54, 1.807) is 10.6 Å². The lowest BCUT2D eigenvalue weighted by molar-refractivity contribution is -0.137. The van der Waals surface area contributed by atoms with Crippen molar-refractivity contribution in [3.8, 4) is 11.4 Å². The molecule has 2 aromatic rings. The van der Waals surface area contributed by atoms with Crippen LogP contribution in [0.15, 0.2) is 24.3 Å². The Balaban J connectivity index is 2.10. The van der Waals surface area contributed by atoms with Crippen LogP contribution in [0.5, 0.6) is 0 Å². The van der Waals surface area contributed by atoms with E-state index in [-0.39, 0.29) is 6.04 Å². The summed E-state index contributed by atoms with van der Waals surface area (Å²) in [5, 5.41) is 6.70. The molecule has 1 heterocycles. The zero-order valence-electron chi connectivity index (χ0n) is 9.74. The van der Waals surface area contributed by atoms with Crippen molar-refractivity contribution in [2.24, 2.45) is 0 Å². The molecule has 19 heavy (non-hydrogen) atoms. The molecule has 3 rings (SSSR count). The Morgan fingerprint density at radius 1 is 1.32 bits per heavy atom. The average Bonchev–Trinajstić information content (AvgIpc) is 3.12. The van der Waals surface area contributed by atoms with Crippen molar-refractivity contribution in [1.29, 1.82) is 0 Å². The van der Waals surface area contributed by atoms with Crippen LogP contribution in [0.1, 0.15) is 24.4 Å². The molecule has 0 amide bonds. The van der Waals surface area contributed by atoms with Crippen molar-refractivity contribution in [3.63, 3.8) is 0 Å². The number of benzene rings is 1. The van der Waals surface area contributed by atoms with Crippen LogP contribution in [0.3, 0.4) is 0 Å². The van der Waals surface area contributed by atoms with E-state index in [0.29, 0.717) is 16.2 Å². The smallest absolute Gasteiger partial charge is 0.297 e. The number of halogens is 3. The third-order valence-corrected chi connectivity index (χ3v) is 3.35. The van der Waals surface area contributed by atoms with Crippen molar-refractivity contribution in [1.82, 2.24) is 14.8 Å². The van der Waals surface area contributed by atoms with Gasteiger partial charge in [-0.2, -0.15) is 18.3 Å². The third-order valence-electron chi connectivity index (χ3n) is 3.06. The van der Waals surface area contributed by atoms with Crippen molar-refractivity contribution in [2.45, 2.75) is 25.1 Å². The van der Waals surface area contributed by atoms with Gasteiger partial charge in [0.15, 0.2) is 10.6 Å². The molecule has 1 N–H and O–H groups in total. The molecule has 0 aliphatic heterocycles. The van der Waals surface area contributed by atoms with E-state index < -0.39 is 11.7 Å². The molecule has 1 fully saturated rings. The lowest BCUT2D eigenvalue weighted by atomic mass is 10.1. The van der Waals surface area contributed by atoms with Gasteiger partial charge < -0.3 is 0 Å². The molecule has 0 radical (unpaired) electrons. The Hall–Kier alpha value is -1.63. The summed E-state index contributed by atoms with van der Waals surface area (Å²) < 4.78 is 40.4. The second-order valence-electron chi connectivity index (χ2n) is 4.53. The molecule has 0 bridgehead atoms. The van der Waals surface area contributed by atoms with E-state index in [1.165, 1.54) is 6.07 Å². The second kappa shape index (κ2) is 4.19. The van der Waals surface area contributed by atoms with Gasteiger partial charge in [-0.25, -0.2) is 0 Å². The van der Waals surface area contributed by atoms with Gasteiger partial charge >= 0.3 is 6.18 Å². The highest BCUT2D eigenvalue weighted by molar-refractivity contribution is 7.71. The summed E-state index contributed by atoms with van der Waals surface area (Å²) in [6, 6.07) is 5.40. The molecule has 1 saturated carbocycles. The Bertz CT molecular complexity index is 667. The molecule has 1 aromatic heterocycles. The first kappa shape index (κ1) is 12.4. The molecule has 1 aliphatic rings. The van der Waals surface area contributed by atoms with E-state index in [9.17, 15) is 13.2 Å². The normalized spacial score (nSPS) is 15.7. The minimum absolute atomic E-state index is 0.260. The summed E-state index contributed by atoms with van der Waals surface area (Å²) in [7, 11) is 0. The summed E-state index contributed by atoms with van der Waals surface area (Å²) >= 11 is 5.12. The summed E-state index contributed by atoms with van der Waals surface area (Å²) in [5.74, 6) is 0.471. The minimum atomic E-state index is -4.35. The largest absolute Gasteiger partial charge is 0.416 e. The number of hydrogen-bond donors (Lipinski definition) is 1. The number of aromatic amines is 1. The molecule has 1 aromatic carbocycles. The van der Waals surface area contributed by atoms with E-state index in [1.807, 2.05) is 0 Å². The Kier molecular flexibility index (Phi) is 2.74. The van der Waals surface area contributed by atoms with Crippen LogP contribution in [-0.4, -0.2) is 14.8 Å². The molecular weight excluding hydrogens is 275 g/mol. The highest BCUT2D eigenvalue weighted by Crippen LogP contribution is 2.39. The SMILES string of the molecule is FC(F)(F)c1cccc(-c2n[nH]c(=S)n2C2CC2)c1. The Morgan fingerprint density at radius 3 is 2.68 bits per heavy atom. The monoisotopic (exact) mass is 285 g/mol. The maximum absolute atomic E-state index is 12.7. The number of alkyl halides is 3. The maximum atomic E-state index is 12.7. The number of nitrogens with zero attached hydrogens (tertiary/aromatic N) is 2. The molecule has 0 saturated heterocycles. The van der Waals surface area contributed by atoms with Gasteiger partial charge in [0.05, 0.1) is 5.56 Å². The summed E-state index contributed by atoms with van der Waals surface area (Å²) in [6.45, 7) is 0. The van der Waals surface area contributed by atoms with Crippen LogP contribution in [-0.2, 0) is 6.18 Å². The van der Waals surface area contributed by atoms with E-state index in [2.05, 4.69) is 10.2 Å². The van der Waals surface area contributed by atoms with Crippen molar-refractivity contribution in [3.05, 3.63) is 34.6 Å². The summed E-state index contributed by atoms with van der Waals surface area (Å²) in [5.41, 5.74) is -0.254. The number of H-pyrrole nitrogens is 1. The predicted molar refractivity (Wildman–Crippen MR) is 66.1 cm³/mol. The topological polar surface area (TPSA) is 33.6 Å². The fourth-order valence-electron chi connectivity index (χ4n) is 2.01. The summed E-state index contributed by atoms with van der Waals surface area (Å²) in [6.07, 6.45) is -2.38. The fraction of sp³-hybridized carbons (Fsp3) is 0.333. The molecule has 0 spiro atoms. The van der Waals surface area contributed by atoms with Crippen molar-refractivity contribution < 1.29 is 13.2 Å². The lowest BCUT2D eigenvalue weighted by Gasteiger charge is -2.09. The average molecular weight is 285 g/mol. The van der Waals surface area contributed by atoms with Crippen molar-refractivity contribution in [2.75, 3.05) is 0 Å². The molecular formula is C12H10F3N3S. The quantitative estimate of drug-likeness (QED) is 0.847. The van der Waals surface area contributed by atoms with E-state index in [4.69, 9.17) is 12.2 Å². The molecule has 1 aliphatic carbocycles. The van der Waals surface area contributed by atoms with E-state index >= 15 is 0 Å². The lowest BCUT2D eigenvalue weighted by Crippen LogP contribution is -2.05. The molecule has 0 atom stereocenters. The Labute approximate surface area is 112 Å². The molecule has 0 unspecified atom stereocenters. The van der Waals surface area contributed by atoms with Crippen LogP contribution >= 0.6 is 12.2 Å². The van der Waals surface area contributed by atoms with E-state index in [0.717, 1.165) is 25.0 Å². The number of aromatic nitrogens is 3. The molecule has 3 nitrogen and oxygen atoms in total. The van der Waals surface area contributed by atoms with Crippen LogP contribution in [0.4, 0.5) is 13.2 Å². The number of hydrogen-bond acceptors (Lipinski definition) is 2. The van der Waals surface area contributed by atoms with Crippen LogP contribution in [0.2, 0.25) is 0 Å². The zero-order chi connectivity index (χ0) is 13.6. The highest BCUT2D eigenvalue weighted by Gasteiger charge is 2.32. The highest BCUT2D eigenvalue weighted by atomic mass is 32.1. The summed E-state index contributed by atoms with van der Waals surface area (Å²) in [4.78, 5) is 0. The van der Waals surface area contributed by atoms with Gasteiger partial charge in [0.25, 0.3) is 0 Å². The van der Waals surface area contributed by atoms with Crippen LogP contribution in [0.25, 0.3) is 11.4 Å². The standard InChI is InChI=1S/C12H10F3N3S/c13-12(14,15)8-3-1-2-7(6-8)10-16-17-11(19)18(10)9-4-5-9/h1-3,6,9H,4-5H2,(H,17,19). The molecule has 7 heteroatoms. The van der Waals surface area contributed by atoms with Gasteiger partial charge in [0.1, 0.15) is 0 Å². The van der Waals surface area contributed by atoms with Crippen LogP contribution < -0.4 is 0 Å². The first-order valence-electron chi connectivity index (χ1n) is 5.81. The predicted octanol–water partition coefficient (Wildman–Crippen LogP) is 3.96. The third kappa shape index (κ3) is 2.30. The first-order valence-corrected chi connectivity index (χ1v) is 6.22. The van der Waals surface area contributed by atoms with Gasteiger partial charge in [-0.1, -0.05) is 12.1 Å². The Morgan fingerprint density at radius 2 is 2.05 bits per heavy atom. The van der Waals surface area contributed by atoms with Gasteiger partial charge in [0, 0.05) is 11.6 Å². The molecule has 100 valence electrons. The fourth-order valence-corrected chi connectivity index (χ4v) is 2.30. The van der Waals surface area contributed by atoms with Crippen LogP contribution in [0, 0.1) is 4.77 Å². The van der Waals surface area contributed by atoms with Crippen molar-refractivity contribution >= 4 is 12.2 Å². The second-order valence-corrected chi connectivity index (χ2v) is 4.92. The van der Waals surface area contributed by atoms with Gasteiger partial charge in [-0.3, -0.25) is 9.67 Å².